The Morgan fingerprint density at radius 2 is 1.45 bits per heavy atom. The van der Waals surface area contributed by atoms with Gasteiger partial charge < -0.3 is 0 Å². The van der Waals surface area contributed by atoms with Crippen LogP contribution in [-0.4, -0.2) is 5.78 Å². The van der Waals surface area contributed by atoms with Crippen molar-refractivity contribution in [2.45, 2.75) is 13.3 Å². The molecule has 104 valence electrons. The second kappa shape index (κ2) is 6.36. The van der Waals surface area contributed by atoms with E-state index in [9.17, 15) is 4.79 Å². The molecular formula is C15H10Cl4O. The van der Waals surface area contributed by atoms with Gasteiger partial charge in [0, 0.05) is 17.5 Å². The molecule has 0 fully saturated rings. The SMILES string of the molecule is CCC(=O)c1ccc(-c2c(Cl)c(Cl)cc(Cl)c2Cl)cc1. The van der Waals surface area contributed by atoms with Crippen LogP contribution in [0, 0.1) is 0 Å². The van der Waals surface area contributed by atoms with E-state index in [0.29, 0.717) is 37.6 Å². The van der Waals surface area contributed by atoms with E-state index >= 15 is 0 Å². The predicted octanol–water partition coefficient (Wildman–Crippen LogP) is 6.56. The van der Waals surface area contributed by atoms with Crippen molar-refractivity contribution in [1.82, 2.24) is 0 Å². The number of Topliss-reactive ketones (excluding diaryl/α,β-unsaturated/α-hetero) is 1. The number of ketones is 1. The van der Waals surface area contributed by atoms with Crippen LogP contribution >= 0.6 is 46.4 Å². The van der Waals surface area contributed by atoms with Gasteiger partial charge in [0.1, 0.15) is 0 Å². The normalized spacial score (nSPS) is 10.7. The van der Waals surface area contributed by atoms with Crippen molar-refractivity contribution in [3.8, 4) is 11.1 Å². The third-order valence-electron chi connectivity index (χ3n) is 2.93. The molecule has 2 rings (SSSR count). The second-order valence-corrected chi connectivity index (χ2v) is 5.77. The average molecular weight is 348 g/mol. The summed E-state index contributed by atoms with van der Waals surface area (Å²) >= 11 is 24.4. The molecule has 1 nitrogen and oxygen atoms in total. The molecule has 0 aliphatic carbocycles. The summed E-state index contributed by atoms with van der Waals surface area (Å²) in [6.07, 6.45) is 0.462. The summed E-state index contributed by atoms with van der Waals surface area (Å²) in [5.41, 5.74) is 1.98. The van der Waals surface area contributed by atoms with Crippen LogP contribution in [0.1, 0.15) is 23.7 Å². The minimum absolute atomic E-state index is 0.0814. The van der Waals surface area contributed by atoms with Crippen LogP contribution in [-0.2, 0) is 0 Å². The van der Waals surface area contributed by atoms with Crippen LogP contribution < -0.4 is 0 Å². The molecule has 0 aliphatic heterocycles. The van der Waals surface area contributed by atoms with E-state index in [1.807, 2.05) is 6.92 Å². The van der Waals surface area contributed by atoms with Crippen molar-refractivity contribution in [2.75, 3.05) is 0 Å². The summed E-state index contributed by atoms with van der Waals surface area (Å²) in [4.78, 5) is 11.6. The van der Waals surface area contributed by atoms with Crippen LogP contribution in [0.3, 0.4) is 0 Å². The molecule has 20 heavy (non-hydrogen) atoms. The highest BCUT2D eigenvalue weighted by Gasteiger charge is 2.16. The first-order valence-electron chi connectivity index (χ1n) is 5.92. The largest absolute Gasteiger partial charge is 0.294 e. The minimum atomic E-state index is 0.0814. The van der Waals surface area contributed by atoms with Crippen LogP contribution in [0.2, 0.25) is 20.1 Å². The summed E-state index contributed by atoms with van der Waals surface area (Å²) in [7, 11) is 0. The van der Waals surface area contributed by atoms with E-state index in [1.54, 1.807) is 24.3 Å². The molecule has 0 unspecified atom stereocenters. The smallest absolute Gasteiger partial charge is 0.162 e. The Bertz CT molecular complexity index is 636. The van der Waals surface area contributed by atoms with Gasteiger partial charge in [-0.3, -0.25) is 4.79 Å². The standard InChI is InChI=1S/C15H10Cl4O/c1-2-12(20)8-3-5-9(6-4-8)13-14(18)10(16)7-11(17)15(13)19/h3-7H,2H2,1H3. The summed E-state index contributed by atoms with van der Waals surface area (Å²) in [5.74, 6) is 0.0814. The Morgan fingerprint density at radius 3 is 1.90 bits per heavy atom. The molecule has 0 amide bonds. The van der Waals surface area contributed by atoms with Gasteiger partial charge in [-0.15, -0.1) is 0 Å². The van der Waals surface area contributed by atoms with E-state index in [2.05, 4.69) is 0 Å². The lowest BCUT2D eigenvalue weighted by molar-refractivity contribution is 0.0988. The van der Waals surface area contributed by atoms with Crippen LogP contribution in [0.5, 0.6) is 0 Å². The van der Waals surface area contributed by atoms with Gasteiger partial charge in [-0.1, -0.05) is 77.6 Å². The van der Waals surface area contributed by atoms with E-state index < -0.39 is 0 Å². The molecule has 0 atom stereocenters. The fourth-order valence-corrected chi connectivity index (χ4v) is 2.88. The Labute approximate surface area is 137 Å². The third-order valence-corrected chi connectivity index (χ3v) is 4.50. The van der Waals surface area contributed by atoms with Crippen molar-refractivity contribution in [1.29, 1.82) is 0 Å². The van der Waals surface area contributed by atoms with Crippen molar-refractivity contribution >= 4 is 52.2 Å². The van der Waals surface area contributed by atoms with Gasteiger partial charge in [0.15, 0.2) is 5.78 Å². The van der Waals surface area contributed by atoms with E-state index in [0.717, 1.165) is 5.56 Å². The number of hydrogen-bond donors (Lipinski definition) is 0. The number of rotatable bonds is 3. The zero-order chi connectivity index (χ0) is 14.9. The number of carbonyl (C=O) groups is 1. The maximum absolute atomic E-state index is 11.6. The quantitative estimate of drug-likeness (QED) is 0.453. The lowest BCUT2D eigenvalue weighted by Gasteiger charge is -2.11. The lowest BCUT2D eigenvalue weighted by Crippen LogP contribution is -1.95. The molecule has 0 saturated carbocycles. The number of halogens is 4. The monoisotopic (exact) mass is 346 g/mol. The molecule has 0 aliphatic rings. The molecule has 0 aromatic heterocycles. The Balaban J connectivity index is 2.55. The number of hydrogen-bond acceptors (Lipinski definition) is 1. The fraction of sp³-hybridized carbons (Fsp3) is 0.133. The fourth-order valence-electron chi connectivity index (χ4n) is 1.85. The summed E-state index contributed by atoms with van der Waals surface area (Å²) in [6.45, 7) is 1.82. The van der Waals surface area contributed by atoms with Gasteiger partial charge in [-0.25, -0.2) is 0 Å². The van der Waals surface area contributed by atoms with Crippen LogP contribution in [0.15, 0.2) is 30.3 Å². The second-order valence-electron chi connectivity index (χ2n) is 4.20. The zero-order valence-electron chi connectivity index (χ0n) is 10.5. The van der Waals surface area contributed by atoms with E-state index in [4.69, 9.17) is 46.4 Å². The minimum Gasteiger partial charge on any atom is -0.294 e. The van der Waals surface area contributed by atoms with Crippen molar-refractivity contribution in [3.05, 3.63) is 56.0 Å². The lowest BCUT2D eigenvalue weighted by atomic mass is 10.0. The summed E-state index contributed by atoms with van der Waals surface area (Å²) < 4.78 is 0. The molecule has 0 bridgehead atoms. The van der Waals surface area contributed by atoms with Gasteiger partial charge in [0.05, 0.1) is 20.1 Å². The van der Waals surface area contributed by atoms with Gasteiger partial charge in [0.25, 0.3) is 0 Å². The maximum atomic E-state index is 11.6. The summed E-state index contributed by atoms with van der Waals surface area (Å²) in [5, 5.41) is 1.36. The molecule has 0 radical (unpaired) electrons. The Kier molecular flexibility index (Phi) is 4.98. The molecule has 2 aromatic rings. The first kappa shape index (κ1) is 15.7. The van der Waals surface area contributed by atoms with E-state index in [1.165, 1.54) is 6.07 Å². The van der Waals surface area contributed by atoms with Crippen molar-refractivity contribution in [3.63, 3.8) is 0 Å². The highest BCUT2D eigenvalue weighted by Crippen LogP contribution is 2.43. The molecule has 0 saturated heterocycles. The van der Waals surface area contributed by atoms with Gasteiger partial charge in [0.2, 0.25) is 0 Å². The predicted molar refractivity (Wildman–Crippen MR) is 86.5 cm³/mol. The van der Waals surface area contributed by atoms with Crippen LogP contribution in [0.4, 0.5) is 0 Å². The van der Waals surface area contributed by atoms with E-state index in [-0.39, 0.29) is 5.78 Å². The molecule has 2 aromatic carbocycles. The Morgan fingerprint density at radius 1 is 0.950 bits per heavy atom. The summed E-state index contributed by atoms with van der Waals surface area (Å²) in [6, 6.07) is 8.54. The topological polar surface area (TPSA) is 17.1 Å². The Hall–Kier alpha value is -0.730. The van der Waals surface area contributed by atoms with Crippen LogP contribution in [0.25, 0.3) is 11.1 Å². The zero-order valence-corrected chi connectivity index (χ0v) is 13.5. The molecule has 0 N–H and O–H groups in total. The average Bonchev–Trinajstić information content (AvgIpc) is 2.45. The van der Waals surface area contributed by atoms with Gasteiger partial charge in [-0.05, 0) is 11.6 Å². The molecular weight excluding hydrogens is 338 g/mol. The van der Waals surface area contributed by atoms with Gasteiger partial charge >= 0.3 is 0 Å². The highest BCUT2D eigenvalue weighted by atomic mass is 35.5. The first-order chi connectivity index (χ1) is 9.45. The highest BCUT2D eigenvalue weighted by molar-refractivity contribution is 6.50. The number of benzene rings is 2. The number of carbonyl (C=O) groups excluding carboxylic acids is 1. The van der Waals surface area contributed by atoms with Gasteiger partial charge in [-0.2, -0.15) is 0 Å². The first-order valence-corrected chi connectivity index (χ1v) is 7.43. The molecule has 5 heteroatoms. The third kappa shape index (κ3) is 2.96. The molecule has 0 heterocycles. The maximum Gasteiger partial charge on any atom is 0.162 e. The van der Waals surface area contributed by atoms with Crippen molar-refractivity contribution < 1.29 is 4.79 Å². The molecule has 0 spiro atoms. The van der Waals surface area contributed by atoms with Crippen molar-refractivity contribution in [2.24, 2.45) is 0 Å².